The smallest absolute Gasteiger partial charge is 0.0409 e. The Morgan fingerprint density at radius 2 is 2.14 bits per heavy atom. The van der Waals surface area contributed by atoms with E-state index in [1.54, 1.807) is 0 Å². The zero-order chi connectivity index (χ0) is 15.4. The second kappa shape index (κ2) is 7.62. The lowest BCUT2D eigenvalue weighted by Gasteiger charge is -2.38. The number of halogens is 1. The zero-order valence-corrected chi connectivity index (χ0v) is 14.5. The highest BCUT2D eigenvalue weighted by Crippen LogP contribution is 2.31. The van der Waals surface area contributed by atoms with Crippen molar-refractivity contribution in [3.8, 4) is 0 Å². The van der Waals surface area contributed by atoms with Crippen LogP contribution in [-0.4, -0.2) is 31.6 Å². The first-order chi connectivity index (χ1) is 10.0. The lowest BCUT2D eigenvalue weighted by Crippen LogP contribution is -2.44. The topological polar surface area (TPSA) is 15.3 Å². The van der Waals surface area contributed by atoms with Crippen molar-refractivity contribution in [2.45, 2.75) is 45.2 Å². The summed E-state index contributed by atoms with van der Waals surface area (Å²) in [5.41, 5.74) is 1.30. The summed E-state index contributed by atoms with van der Waals surface area (Å²) in [5.74, 6) is 1.60. The molecule has 0 bridgehead atoms. The summed E-state index contributed by atoms with van der Waals surface area (Å²) in [6.07, 6.45) is 4.00. The molecule has 1 N–H and O–H groups in total. The van der Waals surface area contributed by atoms with Crippen molar-refractivity contribution in [1.29, 1.82) is 0 Å². The first-order valence-electron chi connectivity index (χ1n) is 8.14. The predicted molar refractivity (Wildman–Crippen MR) is 91.8 cm³/mol. The monoisotopic (exact) mass is 308 g/mol. The van der Waals surface area contributed by atoms with E-state index in [2.05, 4.69) is 50.3 Å². The highest BCUT2D eigenvalue weighted by Gasteiger charge is 2.29. The Balaban J connectivity index is 2.00. The third-order valence-corrected chi connectivity index (χ3v) is 5.37. The van der Waals surface area contributed by atoms with Gasteiger partial charge in [0, 0.05) is 23.7 Å². The molecular weight excluding hydrogens is 280 g/mol. The van der Waals surface area contributed by atoms with Crippen LogP contribution in [0, 0.1) is 11.8 Å². The minimum atomic E-state index is 0.401. The molecule has 0 saturated heterocycles. The number of nitrogens with zero attached hydrogens (tertiary/aromatic N) is 1. The molecule has 1 fully saturated rings. The third-order valence-electron chi connectivity index (χ3n) is 5.13. The van der Waals surface area contributed by atoms with Crippen LogP contribution in [0.2, 0.25) is 5.02 Å². The maximum absolute atomic E-state index is 6.12. The Morgan fingerprint density at radius 3 is 2.81 bits per heavy atom. The molecule has 118 valence electrons. The van der Waals surface area contributed by atoms with E-state index < -0.39 is 0 Å². The average molecular weight is 309 g/mol. The number of rotatable bonds is 5. The largest absolute Gasteiger partial charge is 0.317 e. The highest BCUT2D eigenvalue weighted by atomic mass is 35.5. The quantitative estimate of drug-likeness (QED) is 0.869. The van der Waals surface area contributed by atoms with E-state index in [9.17, 15) is 0 Å². The number of hydrogen-bond acceptors (Lipinski definition) is 2. The normalized spacial score (nSPS) is 27.8. The molecule has 1 aliphatic rings. The average Bonchev–Trinajstić information content (AvgIpc) is 2.46. The van der Waals surface area contributed by atoms with E-state index in [-0.39, 0.29) is 0 Å². The molecule has 0 heterocycles. The molecule has 0 radical (unpaired) electrons. The molecule has 2 rings (SSSR count). The van der Waals surface area contributed by atoms with Gasteiger partial charge in [0.05, 0.1) is 0 Å². The van der Waals surface area contributed by atoms with E-state index in [4.69, 9.17) is 11.6 Å². The number of nitrogens with one attached hydrogen (secondary N) is 1. The minimum absolute atomic E-state index is 0.401. The lowest BCUT2D eigenvalue weighted by molar-refractivity contribution is 0.143. The van der Waals surface area contributed by atoms with Crippen molar-refractivity contribution in [3.05, 3.63) is 34.9 Å². The molecule has 0 aromatic heterocycles. The molecule has 0 spiro atoms. The fourth-order valence-electron chi connectivity index (χ4n) is 3.63. The minimum Gasteiger partial charge on any atom is -0.317 e. The van der Waals surface area contributed by atoms with Gasteiger partial charge in [-0.25, -0.2) is 0 Å². The second-order valence-corrected chi connectivity index (χ2v) is 7.18. The second-order valence-electron chi connectivity index (χ2n) is 6.74. The van der Waals surface area contributed by atoms with Gasteiger partial charge in [0.1, 0.15) is 0 Å². The highest BCUT2D eigenvalue weighted by molar-refractivity contribution is 6.30. The summed E-state index contributed by atoms with van der Waals surface area (Å²) in [6.45, 7) is 5.80. The molecule has 4 atom stereocenters. The fraction of sp³-hybridized carbons (Fsp3) is 0.667. The molecule has 4 unspecified atom stereocenters. The van der Waals surface area contributed by atoms with Gasteiger partial charge in [-0.2, -0.15) is 0 Å². The van der Waals surface area contributed by atoms with E-state index in [0.717, 1.165) is 23.4 Å². The van der Waals surface area contributed by atoms with Crippen LogP contribution in [0.25, 0.3) is 0 Å². The Hall–Kier alpha value is -0.570. The van der Waals surface area contributed by atoms with E-state index in [1.165, 1.54) is 24.8 Å². The Morgan fingerprint density at radius 1 is 1.38 bits per heavy atom. The molecule has 3 heteroatoms. The van der Waals surface area contributed by atoms with Gasteiger partial charge in [-0.15, -0.1) is 0 Å². The van der Waals surface area contributed by atoms with Crippen molar-refractivity contribution in [2.75, 3.05) is 20.6 Å². The van der Waals surface area contributed by atoms with Gasteiger partial charge in [0.15, 0.2) is 0 Å². The van der Waals surface area contributed by atoms with Gasteiger partial charge >= 0.3 is 0 Å². The van der Waals surface area contributed by atoms with Crippen LogP contribution >= 0.6 is 11.6 Å². The summed E-state index contributed by atoms with van der Waals surface area (Å²) in [4.78, 5) is 2.47. The molecule has 1 saturated carbocycles. The lowest BCUT2D eigenvalue weighted by atomic mass is 9.78. The molecule has 1 aromatic carbocycles. The Kier molecular flexibility index (Phi) is 6.09. The van der Waals surface area contributed by atoms with Gasteiger partial charge < -0.3 is 5.32 Å². The van der Waals surface area contributed by atoms with Crippen molar-refractivity contribution in [2.24, 2.45) is 11.8 Å². The van der Waals surface area contributed by atoms with Gasteiger partial charge in [-0.1, -0.05) is 30.7 Å². The van der Waals surface area contributed by atoms with E-state index >= 15 is 0 Å². The van der Waals surface area contributed by atoms with Gasteiger partial charge in [0.25, 0.3) is 0 Å². The summed E-state index contributed by atoms with van der Waals surface area (Å²) in [6, 6.07) is 9.31. The van der Waals surface area contributed by atoms with Crippen molar-refractivity contribution < 1.29 is 0 Å². The van der Waals surface area contributed by atoms with Crippen LogP contribution in [0.15, 0.2) is 24.3 Å². The van der Waals surface area contributed by atoms with E-state index in [1.807, 2.05) is 12.1 Å². The van der Waals surface area contributed by atoms with Crippen molar-refractivity contribution >= 4 is 11.6 Å². The maximum Gasteiger partial charge on any atom is 0.0409 e. The van der Waals surface area contributed by atoms with Gasteiger partial charge in [0.2, 0.25) is 0 Å². The number of benzene rings is 1. The Labute approximate surface area is 134 Å². The summed E-state index contributed by atoms with van der Waals surface area (Å²) < 4.78 is 0. The summed E-state index contributed by atoms with van der Waals surface area (Å²) in [7, 11) is 4.34. The van der Waals surface area contributed by atoms with Crippen LogP contribution < -0.4 is 5.32 Å². The SMILES string of the molecule is CNC1CCC(C)CC1CN(C)C(C)c1cccc(Cl)c1. The number of hydrogen-bond donors (Lipinski definition) is 1. The maximum atomic E-state index is 6.12. The Bertz CT molecular complexity index is 449. The summed E-state index contributed by atoms with van der Waals surface area (Å²) in [5, 5.41) is 4.35. The first kappa shape index (κ1) is 16.8. The van der Waals surface area contributed by atoms with Crippen LogP contribution in [-0.2, 0) is 0 Å². The van der Waals surface area contributed by atoms with Crippen molar-refractivity contribution in [1.82, 2.24) is 10.2 Å². The molecule has 0 aliphatic heterocycles. The van der Waals surface area contributed by atoms with Crippen LogP contribution in [0.1, 0.15) is 44.7 Å². The molecule has 2 nitrogen and oxygen atoms in total. The third kappa shape index (κ3) is 4.45. The fourth-order valence-corrected chi connectivity index (χ4v) is 3.83. The summed E-state index contributed by atoms with van der Waals surface area (Å²) >= 11 is 6.12. The first-order valence-corrected chi connectivity index (χ1v) is 8.52. The van der Waals surface area contributed by atoms with Crippen LogP contribution in [0.5, 0.6) is 0 Å². The van der Waals surface area contributed by atoms with Crippen molar-refractivity contribution in [3.63, 3.8) is 0 Å². The van der Waals surface area contributed by atoms with E-state index in [0.29, 0.717) is 12.1 Å². The standard InChI is InChI=1S/C18H29ClN2/c1-13-8-9-18(20-3)16(10-13)12-21(4)14(2)15-6-5-7-17(19)11-15/h5-7,11,13-14,16,18,20H,8-10,12H2,1-4H3. The van der Waals surface area contributed by atoms with Crippen LogP contribution in [0.3, 0.4) is 0 Å². The molecule has 0 amide bonds. The van der Waals surface area contributed by atoms with Gasteiger partial charge in [-0.3, -0.25) is 4.90 Å². The van der Waals surface area contributed by atoms with Crippen LogP contribution in [0.4, 0.5) is 0 Å². The zero-order valence-electron chi connectivity index (χ0n) is 13.8. The molecule has 1 aliphatic carbocycles. The molecular formula is C18H29ClN2. The van der Waals surface area contributed by atoms with Gasteiger partial charge in [-0.05, 0) is 69.8 Å². The predicted octanol–water partition coefficient (Wildman–Crippen LogP) is 4.36. The molecule has 21 heavy (non-hydrogen) atoms. The molecule has 1 aromatic rings.